The highest BCUT2D eigenvalue weighted by atomic mass is 35.5. The summed E-state index contributed by atoms with van der Waals surface area (Å²) in [6.07, 6.45) is 1.61. The summed E-state index contributed by atoms with van der Waals surface area (Å²) in [7, 11) is 0. The highest BCUT2D eigenvalue weighted by Gasteiger charge is 2.12. The normalized spacial score (nSPS) is 9.89. The number of carbonyl (C=O) groups excluding carboxylic acids is 1. The first-order valence-electron chi connectivity index (χ1n) is 8.00. The standard InChI is InChI=1S/C20H15ClN2O4.ClH/c21-16-7-3-1-5-14(16)13-9-10-19(22-11-13)27-12-18(24)23-17-8-4-2-6-15(17)20(25)26;/h1-11H,12H2,(H,23,24)(H,25,26);1H. The average Bonchev–Trinajstić information content (AvgIpc) is 2.67. The zero-order valence-corrected chi connectivity index (χ0v) is 16.0. The monoisotopic (exact) mass is 418 g/mol. The lowest BCUT2D eigenvalue weighted by Crippen LogP contribution is -2.21. The van der Waals surface area contributed by atoms with Crippen molar-refractivity contribution in [3.63, 3.8) is 0 Å². The Morgan fingerprint density at radius 3 is 2.43 bits per heavy atom. The number of carboxylic acid groups (broad SMARTS) is 1. The predicted molar refractivity (Wildman–Crippen MR) is 109 cm³/mol. The summed E-state index contributed by atoms with van der Waals surface area (Å²) in [5, 5.41) is 12.3. The second kappa shape index (κ2) is 9.73. The maximum Gasteiger partial charge on any atom is 0.337 e. The number of carbonyl (C=O) groups is 2. The summed E-state index contributed by atoms with van der Waals surface area (Å²) in [4.78, 5) is 27.3. The van der Waals surface area contributed by atoms with E-state index in [-0.39, 0.29) is 36.1 Å². The van der Waals surface area contributed by atoms with Crippen molar-refractivity contribution in [2.45, 2.75) is 0 Å². The van der Waals surface area contributed by atoms with Crippen molar-refractivity contribution in [3.8, 4) is 17.0 Å². The van der Waals surface area contributed by atoms with Gasteiger partial charge in [-0.2, -0.15) is 0 Å². The van der Waals surface area contributed by atoms with Gasteiger partial charge in [-0.3, -0.25) is 4.79 Å². The van der Waals surface area contributed by atoms with Gasteiger partial charge in [0.1, 0.15) is 0 Å². The Morgan fingerprint density at radius 1 is 1.04 bits per heavy atom. The number of aromatic nitrogens is 1. The summed E-state index contributed by atoms with van der Waals surface area (Å²) < 4.78 is 5.36. The molecule has 6 nitrogen and oxygen atoms in total. The molecule has 3 rings (SSSR count). The van der Waals surface area contributed by atoms with E-state index in [4.69, 9.17) is 21.4 Å². The van der Waals surface area contributed by atoms with Gasteiger partial charge in [0, 0.05) is 28.4 Å². The highest BCUT2D eigenvalue weighted by molar-refractivity contribution is 6.33. The third-order valence-corrected chi connectivity index (χ3v) is 4.03. The molecule has 0 bridgehead atoms. The molecule has 1 aromatic heterocycles. The number of aromatic carboxylic acids is 1. The predicted octanol–water partition coefficient (Wildman–Crippen LogP) is 4.54. The lowest BCUT2D eigenvalue weighted by molar-refractivity contribution is -0.118. The number of halogens is 2. The quantitative estimate of drug-likeness (QED) is 0.613. The maximum absolute atomic E-state index is 12.0. The lowest BCUT2D eigenvalue weighted by Gasteiger charge is -2.09. The number of benzene rings is 2. The Kier molecular flexibility index (Phi) is 7.37. The first kappa shape index (κ1) is 21.2. The van der Waals surface area contributed by atoms with Gasteiger partial charge >= 0.3 is 5.97 Å². The zero-order valence-electron chi connectivity index (χ0n) is 14.5. The molecule has 0 aliphatic rings. The number of nitrogens with one attached hydrogen (secondary N) is 1. The topological polar surface area (TPSA) is 88.5 Å². The minimum absolute atomic E-state index is 0. The molecule has 2 N–H and O–H groups in total. The molecule has 1 amide bonds. The van der Waals surface area contributed by atoms with E-state index in [1.807, 2.05) is 18.2 Å². The molecule has 0 fully saturated rings. The second-order valence-corrected chi connectivity index (χ2v) is 5.96. The summed E-state index contributed by atoms with van der Waals surface area (Å²) >= 11 is 6.16. The van der Waals surface area contributed by atoms with Crippen LogP contribution in [0.4, 0.5) is 5.69 Å². The van der Waals surface area contributed by atoms with Crippen LogP contribution < -0.4 is 10.1 Å². The van der Waals surface area contributed by atoms with Gasteiger partial charge in [0.25, 0.3) is 5.91 Å². The minimum atomic E-state index is -1.12. The molecule has 0 aliphatic heterocycles. The van der Waals surface area contributed by atoms with E-state index in [1.165, 1.54) is 12.1 Å². The minimum Gasteiger partial charge on any atom is -0.478 e. The molecule has 1 heterocycles. The largest absolute Gasteiger partial charge is 0.478 e. The molecule has 8 heteroatoms. The summed E-state index contributed by atoms with van der Waals surface area (Å²) in [5.74, 6) is -1.34. The fraction of sp³-hybridized carbons (Fsp3) is 0.0500. The van der Waals surface area contributed by atoms with E-state index >= 15 is 0 Å². The molecule has 2 aromatic carbocycles. The van der Waals surface area contributed by atoms with Gasteiger partial charge in [-0.05, 0) is 24.3 Å². The fourth-order valence-electron chi connectivity index (χ4n) is 2.42. The Morgan fingerprint density at radius 2 is 1.75 bits per heavy atom. The van der Waals surface area contributed by atoms with Gasteiger partial charge in [0.05, 0.1) is 11.3 Å². The van der Waals surface area contributed by atoms with Gasteiger partial charge < -0.3 is 15.2 Å². The molecule has 0 radical (unpaired) electrons. The zero-order chi connectivity index (χ0) is 19.2. The Hall–Kier alpha value is -3.09. The smallest absolute Gasteiger partial charge is 0.337 e. The van der Waals surface area contributed by atoms with Gasteiger partial charge in [0.15, 0.2) is 6.61 Å². The second-order valence-electron chi connectivity index (χ2n) is 5.55. The first-order chi connectivity index (χ1) is 13.0. The van der Waals surface area contributed by atoms with E-state index in [0.29, 0.717) is 5.02 Å². The first-order valence-corrected chi connectivity index (χ1v) is 8.38. The van der Waals surface area contributed by atoms with Crippen molar-refractivity contribution in [1.82, 2.24) is 4.98 Å². The van der Waals surface area contributed by atoms with Gasteiger partial charge in [-0.15, -0.1) is 12.4 Å². The Bertz CT molecular complexity index is 978. The van der Waals surface area contributed by atoms with Crippen LogP contribution in [0.15, 0.2) is 66.9 Å². The van der Waals surface area contributed by atoms with Crippen LogP contribution in [0.2, 0.25) is 5.02 Å². The van der Waals surface area contributed by atoms with Crippen LogP contribution in [0.25, 0.3) is 11.1 Å². The molecule has 0 unspecified atom stereocenters. The van der Waals surface area contributed by atoms with Crippen molar-refractivity contribution in [1.29, 1.82) is 0 Å². The summed E-state index contributed by atoms with van der Waals surface area (Å²) in [6, 6.07) is 17.0. The van der Waals surface area contributed by atoms with E-state index < -0.39 is 11.9 Å². The maximum atomic E-state index is 12.0. The van der Waals surface area contributed by atoms with Gasteiger partial charge in [0.2, 0.25) is 5.88 Å². The molecule has 0 spiro atoms. The Balaban J connectivity index is 0.00000280. The molecule has 0 saturated heterocycles. The number of pyridine rings is 1. The van der Waals surface area contributed by atoms with Crippen LogP contribution in [0, 0.1) is 0 Å². The number of carboxylic acids is 1. The van der Waals surface area contributed by atoms with Crippen LogP contribution in [0.1, 0.15) is 10.4 Å². The van der Waals surface area contributed by atoms with E-state index in [0.717, 1.165) is 11.1 Å². The van der Waals surface area contributed by atoms with Crippen molar-refractivity contribution in [3.05, 3.63) is 77.4 Å². The van der Waals surface area contributed by atoms with E-state index in [1.54, 1.807) is 36.5 Å². The molecule has 144 valence electrons. The third-order valence-electron chi connectivity index (χ3n) is 3.70. The number of ether oxygens (including phenoxy) is 1. The van der Waals surface area contributed by atoms with Crippen molar-refractivity contribution in [2.75, 3.05) is 11.9 Å². The van der Waals surface area contributed by atoms with Crippen molar-refractivity contribution < 1.29 is 19.4 Å². The number of anilines is 1. The van der Waals surface area contributed by atoms with Crippen LogP contribution >= 0.6 is 24.0 Å². The van der Waals surface area contributed by atoms with Crippen molar-refractivity contribution >= 4 is 41.6 Å². The molecule has 3 aromatic rings. The molecular weight excluding hydrogens is 403 g/mol. The number of amides is 1. The van der Waals surface area contributed by atoms with Crippen LogP contribution in [0.5, 0.6) is 5.88 Å². The van der Waals surface area contributed by atoms with Crippen LogP contribution in [-0.4, -0.2) is 28.6 Å². The molecular formula is C20H16Cl2N2O4. The third kappa shape index (κ3) is 5.22. The number of hydrogen-bond acceptors (Lipinski definition) is 4. The van der Waals surface area contributed by atoms with Crippen molar-refractivity contribution in [2.24, 2.45) is 0 Å². The summed E-state index contributed by atoms with van der Waals surface area (Å²) in [5.41, 5.74) is 1.89. The summed E-state index contributed by atoms with van der Waals surface area (Å²) in [6.45, 7) is -0.299. The number of hydrogen-bond donors (Lipinski definition) is 2. The van der Waals surface area contributed by atoms with E-state index in [9.17, 15) is 9.59 Å². The fourth-order valence-corrected chi connectivity index (χ4v) is 2.67. The lowest BCUT2D eigenvalue weighted by atomic mass is 10.1. The van der Waals surface area contributed by atoms with E-state index in [2.05, 4.69) is 10.3 Å². The molecule has 0 atom stereocenters. The molecule has 28 heavy (non-hydrogen) atoms. The number of para-hydroxylation sites is 1. The highest BCUT2D eigenvalue weighted by Crippen LogP contribution is 2.27. The van der Waals surface area contributed by atoms with Crippen LogP contribution in [0.3, 0.4) is 0 Å². The number of nitrogens with zero attached hydrogens (tertiary/aromatic N) is 1. The van der Waals surface area contributed by atoms with Gasteiger partial charge in [-0.1, -0.05) is 41.9 Å². The molecule has 0 aliphatic carbocycles. The van der Waals surface area contributed by atoms with Crippen LogP contribution in [-0.2, 0) is 4.79 Å². The van der Waals surface area contributed by atoms with Gasteiger partial charge in [-0.25, -0.2) is 9.78 Å². The SMILES string of the molecule is Cl.O=C(COc1ccc(-c2ccccc2Cl)cn1)Nc1ccccc1C(=O)O. The average molecular weight is 419 g/mol. The number of rotatable bonds is 6. The molecule has 0 saturated carbocycles. The Labute approximate surface area is 172 Å².